The Morgan fingerprint density at radius 1 is 1.12 bits per heavy atom. The SMILES string of the molecule is O=C1CCN(S(=O)(=O)C2CCNCC2)CCN1. The predicted octanol–water partition coefficient (Wildman–Crippen LogP) is -1.11. The molecule has 2 fully saturated rings. The Labute approximate surface area is 102 Å². The van der Waals surface area contributed by atoms with Crippen LogP contribution in [-0.2, 0) is 14.8 Å². The van der Waals surface area contributed by atoms with Gasteiger partial charge in [0, 0.05) is 26.1 Å². The fourth-order valence-corrected chi connectivity index (χ4v) is 4.25. The first-order valence-corrected chi connectivity index (χ1v) is 7.57. The molecule has 98 valence electrons. The van der Waals surface area contributed by atoms with Crippen LogP contribution >= 0.6 is 0 Å². The Hall–Kier alpha value is -0.660. The van der Waals surface area contributed by atoms with Crippen LogP contribution in [0.3, 0.4) is 0 Å². The summed E-state index contributed by atoms with van der Waals surface area (Å²) < 4.78 is 26.2. The summed E-state index contributed by atoms with van der Waals surface area (Å²) in [5.41, 5.74) is 0. The second-order valence-electron chi connectivity index (χ2n) is 4.49. The molecule has 2 heterocycles. The molecule has 0 aliphatic carbocycles. The van der Waals surface area contributed by atoms with Crippen LogP contribution in [-0.4, -0.2) is 56.6 Å². The quantitative estimate of drug-likeness (QED) is 0.661. The van der Waals surface area contributed by atoms with Crippen LogP contribution in [0.5, 0.6) is 0 Å². The van der Waals surface area contributed by atoms with Crippen molar-refractivity contribution >= 4 is 15.9 Å². The predicted molar refractivity (Wildman–Crippen MR) is 64.0 cm³/mol. The molecule has 0 saturated carbocycles. The first-order valence-electron chi connectivity index (χ1n) is 6.07. The fraction of sp³-hybridized carbons (Fsp3) is 0.900. The number of carbonyl (C=O) groups excluding carboxylic acids is 1. The molecule has 6 nitrogen and oxygen atoms in total. The Kier molecular flexibility index (Phi) is 4.01. The van der Waals surface area contributed by atoms with Gasteiger partial charge in [-0.1, -0.05) is 0 Å². The smallest absolute Gasteiger partial charge is 0.221 e. The van der Waals surface area contributed by atoms with Crippen LogP contribution in [0, 0.1) is 0 Å². The second-order valence-corrected chi connectivity index (χ2v) is 6.71. The first-order chi connectivity index (χ1) is 8.10. The zero-order valence-corrected chi connectivity index (χ0v) is 10.6. The number of nitrogens with zero attached hydrogens (tertiary/aromatic N) is 1. The van der Waals surface area contributed by atoms with E-state index < -0.39 is 10.0 Å². The van der Waals surface area contributed by atoms with E-state index in [2.05, 4.69) is 10.6 Å². The number of nitrogens with one attached hydrogen (secondary N) is 2. The normalized spacial score (nSPS) is 25.3. The Balaban J connectivity index is 2.05. The van der Waals surface area contributed by atoms with Gasteiger partial charge in [0.25, 0.3) is 0 Å². The highest BCUT2D eigenvalue weighted by molar-refractivity contribution is 7.89. The highest BCUT2D eigenvalue weighted by Crippen LogP contribution is 2.18. The van der Waals surface area contributed by atoms with Gasteiger partial charge in [0.2, 0.25) is 15.9 Å². The molecule has 17 heavy (non-hydrogen) atoms. The molecule has 0 unspecified atom stereocenters. The summed E-state index contributed by atoms with van der Waals surface area (Å²) in [6, 6.07) is 0. The summed E-state index contributed by atoms with van der Waals surface area (Å²) in [5.74, 6) is -0.0620. The lowest BCUT2D eigenvalue weighted by atomic mass is 10.2. The van der Waals surface area contributed by atoms with Crippen LogP contribution in [0.1, 0.15) is 19.3 Å². The third-order valence-corrected chi connectivity index (χ3v) is 5.74. The van der Waals surface area contributed by atoms with Gasteiger partial charge in [0.1, 0.15) is 0 Å². The molecule has 0 bridgehead atoms. The summed E-state index contributed by atoms with van der Waals surface area (Å²) in [6.07, 6.45) is 1.60. The number of carbonyl (C=O) groups is 1. The zero-order valence-electron chi connectivity index (χ0n) is 9.81. The molecule has 2 aliphatic heterocycles. The molecule has 0 aromatic heterocycles. The summed E-state index contributed by atoms with van der Waals surface area (Å²) in [4.78, 5) is 11.2. The average molecular weight is 261 g/mol. The summed E-state index contributed by atoms with van der Waals surface area (Å²) in [5, 5.41) is 5.57. The molecule has 0 atom stereocenters. The summed E-state index contributed by atoms with van der Waals surface area (Å²) in [6.45, 7) is 2.66. The van der Waals surface area contributed by atoms with Gasteiger partial charge in [-0.25, -0.2) is 8.42 Å². The molecule has 2 aliphatic rings. The van der Waals surface area contributed by atoms with Crippen molar-refractivity contribution in [3.05, 3.63) is 0 Å². The fourth-order valence-electron chi connectivity index (χ4n) is 2.31. The summed E-state index contributed by atoms with van der Waals surface area (Å²) >= 11 is 0. The molecule has 0 spiro atoms. The van der Waals surface area contributed by atoms with E-state index in [-0.39, 0.29) is 17.6 Å². The van der Waals surface area contributed by atoms with E-state index in [9.17, 15) is 13.2 Å². The Morgan fingerprint density at radius 2 is 1.82 bits per heavy atom. The van der Waals surface area contributed by atoms with E-state index in [1.54, 1.807) is 0 Å². The largest absolute Gasteiger partial charge is 0.355 e. The molecule has 2 rings (SSSR count). The molecule has 0 aromatic carbocycles. The molecular formula is C10H19N3O3S. The van der Waals surface area contributed by atoms with Crippen LogP contribution in [0.25, 0.3) is 0 Å². The molecule has 7 heteroatoms. The van der Waals surface area contributed by atoms with Gasteiger partial charge in [-0.05, 0) is 25.9 Å². The van der Waals surface area contributed by atoms with Crippen molar-refractivity contribution in [2.75, 3.05) is 32.7 Å². The van der Waals surface area contributed by atoms with Gasteiger partial charge in [-0.3, -0.25) is 4.79 Å². The van der Waals surface area contributed by atoms with Gasteiger partial charge >= 0.3 is 0 Å². The number of amides is 1. The van der Waals surface area contributed by atoms with Crippen LogP contribution in [0.4, 0.5) is 0 Å². The third-order valence-electron chi connectivity index (χ3n) is 3.34. The molecule has 2 N–H and O–H groups in total. The van der Waals surface area contributed by atoms with E-state index in [0.29, 0.717) is 32.5 Å². The van der Waals surface area contributed by atoms with Crippen LogP contribution in [0.2, 0.25) is 0 Å². The molecular weight excluding hydrogens is 242 g/mol. The van der Waals surface area contributed by atoms with Crippen LogP contribution in [0.15, 0.2) is 0 Å². The molecule has 2 saturated heterocycles. The Morgan fingerprint density at radius 3 is 2.53 bits per heavy atom. The number of rotatable bonds is 2. The van der Waals surface area contributed by atoms with Crippen molar-refractivity contribution in [2.24, 2.45) is 0 Å². The average Bonchev–Trinajstić information content (AvgIpc) is 2.55. The van der Waals surface area contributed by atoms with Crippen LogP contribution < -0.4 is 10.6 Å². The van der Waals surface area contributed by atoms with Crippen molar-refractivity contribution in [1.29, 1.82) is 0 Å². The van der Waals surface area contributed by atoms with E-state index >= 15 is 0 Å². The number of piperidine rings is 1. The highest BCUT2D eigenvalue weighted by Gasteiger charge is 2.33. The highest BCUT2D eigenvalue weighted by atomic mass is 32.2. The van der Waals surface area contributed by atoms with E-state index in [4.69, 9.17) is 0 Å². The van der Waals surface area contributed by atoms with E-state index in [0.717, 1.165) is 13.1 Å². The summed E-state index contributed by atoms with van der Waals surface area (Å²) in [7, 11) is -3.23. The standard InChI is InChI=1S/C10H19N3O3S/c14-10-3-7-13(8-6-12-10)17(15,16)9-1-4-11-5-2-9/h9,11H,1-8H2,(H,12,14). The van der Waals surface area contributed by atoms with E-state index in [1.165, 1.54) is 4.31 Å². The van der Waals surface area contributed by atoms with Gasteiger partial charge in [0.15, 0.2) is 0 Å². The van der Waals surface area contributed by atoms with Crippen molar-refractivity contribution in [1.82, 2.24) is 14.9 Å². The lowest BCUT2D eigenvalue weighted by Crippen LogP contribution is -2.45. The van der Waals surface area contributed by atoms with Crippen molar-refractivity contribution in [3.8, 4) is 0 Å². The van der Waals surface area contributed by atoms with Crippen molar-refractivity contribution < 1.29 is 13.2 Å². The second kappa shape index (κ2) is 5.32. The van der Waals surface area contributed by atoms with Crippen molar-refractivity contribution in [3.63, 3.8) is 0 Å². The maximum absolute atomic E-state index is 12.4. The van der Waals surface area contributed by atoms with Gasteiger partial charge in [-0.2, -0.15) is 4.31 Å². The molecule has 0 aromatic rings. The lowest BCUT2D eigenvalue weighted by molar-refractivity contribution is -0.120. The first kappa shape index (κ1) is 12.8. The minimum Gasteiger partial charge on any atom is -0.355 e. The number of hydrogen-bond donors (Lipinski definition) is 2. The minimum absolute atomic E-state index is 0.0620. The maximum atomic E-state index is 12.4. The lowest BCUT2D eigenvalue weighted by Gasteiger charge is -2.28. The van der Waals surface area contributed by atoms with Gasteiger partial charge in [0.05, 0.1) is 5.25 Å². The molecule has 0 radical (unpaired) electrons. The molecule has 1 amide bonds. The topological polar surface area (TPSA) is 78.5 Å². The number of hydrogen-bond acceptors (Lipinski definition) is 4. The zero-order chi connectivity index (χ0) is 12.3. The monoisotopic (exact) mass is 261 g/mol. The van der Waals surface area contributed by atoms with Gasteiger partial charge in [-0.15, -0.1) is 0 Å². The number of sulfonamides is 1. The van der Waals surface area contributed by atoms with Crippen molar-refractivity contribution in [2.45, 2.75) is 24.5 Å². The van der Waals surface area contributed by atoms with Gasteiger partial charge < -0.3 is 10.6 Å². The Bertz CT molecular complexity index is 376. The van der Waals surface area contributed by atoms with E-state index in [1.807, 2.05) is 0 Å². The maximum Gasteiger partial charge on any atom is 0.221 e. The minimum atomic E-state index is -3.23. The third kappa shape index (κ3) is 2.97.